The van der Waals surface area contributed by atoms with Gasteiger partial charge in [0.2, 0.25) is 0 Å². The molecule has 1 fully saturated rings. The Bertz CT molecular complexity index is 2590. The van der Waals surface area contributed by atoms with Crippen LogP contribution in [-0.4, -0.2) is 17.5 Å². The zero-order valence-electron chi connectivity index (χ0n) is 29.8. The van der Waals surface area contributed by atoms with Gasteiger partial charge in [0, 0.05) is 0 Å². The van der Waals surface area contributed by atoms with Crippen molar-refractivity contribution in [3.63, 3.8) is 0 Å². The van der Waals surface area contributed by atoms with Crippen LogP contribution in [0.15, 0.2) is 138 Å². The second-order valence-electron chi connectivity index (χ2n) is 13.1. The number of nitrogens with two attached hydrogens (primary N) is 2. The van der Waals surface area contributed by atoms with Crippen LogP contribution >= 0.6 is 30.7 Å². The fourth-order valence-electron chi connectivity index (χ4n) is 7.80. The monoisotopic (exact) mass is 936 g/mol. The van der Waals surface area contributed by atoms with Crippen molar-refractivity contribution in [3.8, 4) is 15.5 Å². The van der Waals surface area contributed by atoms with E-state index in [1.165, 1.54) is 50.5 Å². The van der Waals surface area contributed by atoms with Gasteiger partial charge in [-0.05, 0) is 6.92 Å². The van der Waals surface area contributed by atoms with Crippen molar-refractivity contribution in [2.24, 2.45) is 0 Å². The summed E-state index contributed by atoms with van der Waals surface area (Å²) in [5.41, 5.74) is 25.3. The first-order valence-corrected chi connectivity index (χ1v) is 22.3. The van der Waals surface area contributed by atoms with Crippen molar-refractivity contribution in [1.29, 1.82) is 0 Å². The molecule has 267 valence electrons. The number of nitrogens with zero attached hydrogens (tertiary/aromatic N) is 4. The van der Waals surface area contributed by atoms with Gasteiger partial charge < -0.3 is 0 Å². The molecule has 0 radical (unpaired) electrons. The molecule has 4 N–H and O–H groups in total. The van der Waals surface area contributed by atoms with E-state index in [0.717, 1.165) is 63.4 Å². The molecule has 5 aromatic carbocycles. The summed E-state index contributed by atoms with van der Waals surface area (Å²) in [6.07, 6.45) is 11.8. The molecular formula is C44H37N6OsPS2+. The van der Waals surface area contributed by atoms with Crippen molar-refractivity contribution in [1.82, 2.24) is 17.5 Å². The number of hydrogen-bond donors (Lipinski definition) is 2. The summed E-state index contributed by atoms with van der Waals surface area (Å²) in [5.74, 6) is 0. The minimum atomic E-state index is -2.58. The summed E-state index contributed by atoms with van der Waals surface area (Å²) in [5, 5.41) is 4.86. The Kier molecular flexibility index (Phi) is 10.4. The van der Waals surface area contributed by atoms with Gasteiger partial charge in [-0.25, -0.2) is 0 Å². The summed E-state index contributed by atoms with van der Waals surface area (Å²) in [7, 11) is -2.58. The van der Waals surface area contributed by atoms with Gasteiger partial charge in [-0.2, -0.15) is 0 Å². The van der Waals surface area contributed by atoms with Crippen LogP contribution in [0.25, 0.3) is 44.8 Å². The van der Waals surface area contributed by atoms with Crippen molar-refractivity contribution in [2.75, 3.05) is 11.5 Å². The Hall–Kier alpha value is -4.85. The van der Waals surface area contributed by atoms with Crippen molar-refractivity contribution >= 4 is 91.7 Å². The quantitative estimate of drug-likeness (QED) is 0.116. The molecule has 0 amide bonds. The standard InChI is InChI=1S/C44H37N6PS2.Os/c1-4-16-31-26-37(45)39(43-41(31)47-52-49-43)40-38(46)27-36(42-44(40)50-53-48-42)35(25-30-18-15-17-29(30)5-2)28(3)51(32-19-9-6-10-20-32,33-21-11-7-12-22-33)34-23-13-8-14-24-34;/h4-14,16,19-27H,15,17-18,45-46H2,1-2H3;/q+1;/b16-4+,29-5?,30-25?,35-28?;. The van der Waals surface area contributed by atoms with Crippen LogP contribution in [0.3, 0.4) is 0 Å². The maximum atomic E-state index is 7.25. The Morgan fingerprint density at radius 1 is 0.685 bits per heavy atom. The van der Waals surface area contributed by atoms with Crippen LogP contribution < -0.4 is 27.4 Å². The van der Waals surface area contributed by atoms with Crippen LogP contribution in [0.1, 0.15) is 44.2 Å². The summed E-state index contributed by atoms with van der Waals surface area (Å²) >= 11 is 4.13. The van der Waals surface area contributed by atoms with Gasteiger partial charge in [-0.1, -0.05) is 6.08 Å². The van der Waals surface area contributed by atoms with Gasteiger partial charge in [0.25, 0.3) is 0 Å². The molecule has 0 bridgehead atoms. The predicted octanol–water partition coefficient (Wildman–Crippen LogP) is 9.83. The summed E-state index contributed by atoms with van der Waals surface area (Å²) in [4.78, 5) is 0. The predicted molar refractivity (Wildman–Crippen MR) is 229 cm³/mol. The molecule has 10 heteroatoms. The Morgan fingerprint density at radius 2 is 1.19 bits per heavy atom. The van der Waals surface area contributed by atoms with Gasteiger partial charge in [-0.3, -0.25) is 0 Å². The SMILES string of the molecule is CC=C1CCCC1=CC(=C([C]#[Os])[P+](c1ccccc1)(c1ccccc1)c1ccccc1)c1cc(N)c(-c2c(N)cc(/C=C/C)c3nsnc23)c2nsnc12. The van der Waals surface area contributed by atoms with Gasteiger partial charge in [0.1, 0.15) is 0 Å². The van der Waals surface area contributed by atoms with Crippen molar-refractivity contribution in [2.45, 2.75) is 33.1 Å². The molecular weight excluding hydrogens is 898 g/mol. The molecule has 1 aliphatic rings. The van der Waals surface area contributed by atoms with E-state index in [9.17, 15) is 0 Å². The van der Waals surface area contributed by atoms with Crippen LogP contribution in [0.2, 0.25) is 0 Å². The zero-order chi connectivity index (χ0) is 37.2. The molecule has 0 unspecified atom stereocenters. The average Bonchev–Trinajstić information content (AvgIpc) is 4.00. The third kappa shape index (κ3) is 6.11. The van der Waals surface area contributed by atoms with Crippen LogP contribution in [0.5, 0.6) is 0 Å². The average molecular weight is 935 g/mol. The number of nitrogen functional groups attached to an aromatic ring is 2. The molecule has 8 rings (SSSR count). The summed E-state index contributed by atoms with van der Waals surface area (Å²) in [6, 6.07) is 36.8. The maximum absolute atomic E-state index is 7.25. The number of rotatable bonds is 8. The topological polar surface area (TPSA) is 104 Å². The molecule has 0 saturated heterocycles. The molecule has 2 aromatic heterocycles. The van der Waals surface area contributed by atoms with E-state index >= 15 is 0 Å². The Morgan fingerprint density at radius 3 is 1.72 bits per heavy atom. The van der Waals surface area contributed by atoms with Gasteiger partial charge in [0.15, 0.2) is 0 Å². The number of aromatic nitrogens is 4. The van der Waals surface area contributed by atoms with E-state index in [2.05, 4.69) is 125 Å². The van der Waals surface area contributed by atoms with E-state index < -0.39 is 7.26 Å². The second-order valence-corrected chi connectivity index (χ2v) is 18.1. The van der Waals surface area contributed by atoms with Crippen LogP contribution in [-0.2, 0) is 17.9 Å². The molecule has 54 heavy (non-hydrogen) atoms. The fourth-order valence-corrected chi connectivity index (χ4v) is 14.7. The molecule has 6 nitrogen and oxygen atoms in total. The van der Waals surface area contributed by atoms with E-state index in [1.54, 1.807) is 17.9 Å². The first kappa shape index (κ1) is 36.1. The van der Waals surface area contributed by atoms with Crippen molar-refractivity contribution < 1.29 is 17.9 Å². The second kappa shape index (κ2) is 15.5. The third-order valence-corrected chi connectivity index (χ3v) is 16.6. The molecule has 1 saturated carbocycles. The van der Waals surface area contributed by atoms with Gasteiger partial charge in [0.05, 0.1) is 0 Å². The Labute approximate surface area is 334 Å². The first-order chi connectivity index (χ1) is 26.5. The minimum absolute atomic E-state index is 0.555. The summed E-state index contributed by atoms with van der Waals surface area (Å²) in [6.45, 7) is 4.12. The molecule has 0 aliphatic heterocycles. The van der Waals surface area contributed by atoms with E-state index in [0.29, 0.717) is 22.4 Å². The van der Waals surface area contributed by atoms with Crippen molar-refractivity contribution in [3.05, 3.63) is 149 Å². The molecule has 2 heterocycles. The van der Waals surface area contributed by atoms with E-state index in [-0.39, 0.29) is 0 Å². The molecule has 0 spiro atoms. The van der Waals surface area contributed by atoms with Crippen LogP contribution in [0.4, 0.5) is 11.4 Å². The zero-order valence-corrected chi connectivity index (χ0v) is 34.9. The number of allylic oxidation sites excluding steroid dienone is 7. The first-order valence-electron chi connectivity index (χ1n) is 17.8. The van der Waals surface area contributed by atoms with Gasteiger partial charge in [-0.15, -0.1) is 0 Å². The number of anilines is 2. The Balaban J connectivity index is 1.53. The fraction of sp³-hybridized carbons (Fsp3) is 0.114. The molecule has 7 aromatic rings. The summed E-state index contributed by atoms with van der Waals surface area (Å²) < 4.78 is 23.3. The number of hydrogen-bond acceptors (Lipinski definition) is 8. The number of fused-ring (bicyclic) bond motifs is 2. The van der Waals surface area contributed by atoms with Gasteiger partial charge >= 0.3 is 323 Å². The van der Waals surface area contributed by atoms with E-state index in [1.807, 2.05) is 25.1 Å². The third-order valence-electron chi connectivity index (χ3n) is 10.1. The van der Waals surface area contributed by atoms with E-state index in [4.69, 9.17) is 24.6 Å². The molecule has 1 aliphatic carbocycles. The van der Waals surface area contributed by atoms with Crippen LogP contribution in [0, 0.1) is 4.37 Å². The molecule has 0 atom stereocenters. The normalized spacial score (nSPS) is 15.4. The number of benzene rings is 5.